The predicted molar refractivity (Wildman–Crippen MR) is 68.7 cm³/mol. The van der Waals surface area contributed by atoms with Crippen molar-refractivity contribution >= 4 is 5.78 Å². The van der Waals surface area contributed by atoms with E-state index in [9.17, 15) is 10.1 Å². The van der Waals surface area contributed by atoms with Gasteiger partial charge in [-0.05, 0) is 56.4 Å². The number of aryl methyl sites for hydroxylation is 2. The number of Topliss-reactive ketones (excluding diaryl/α,β-unsaturated/α-hetero) is 1. The summed E-state index contributed by atoms with van der Waals surface area (Å²) in [5, 5.41) is 9.23. The summed E-state index contributed by atoms with van der Waals surface area (Å²) in [6, 6.07) is 5.92. The second-order valence-electron chi connectivity index (χ2n) is 5.01. The van der Waals surface area contributed by atoms with Gasteiger partial charge in [-0.2, -0.15) is 5.26 Å². The molecule has 0 unspecified atom stereocenters. The zero-order chi connectivity index (χ0) is 13.3. The average molecular weight is 243 g/mol. The van der Waals surface area contributed by atoms with E-state index in [0.717, 1.165) is 23.3 Å². The monoisotopic (exact) mass is 243 g/mol. The van der Waals surface area contributed by atoms with Gasteiger partial charge in [-0.25, -0.2) is 0 Å². The topological polar surface area (TPSA) is 50.1 Å². The zero-order valence-electron chi connectivity index (χ0n) is 11.0. The summed E-state index contributed by atoms with van der Waals surface area (Å²) >= 11 is 0. The maximum atomic E-state index is 12.5. The Balaban J connectivity index is 2.43. The van der Waals surface area contributed by atoms with Gasteiger partial charge in [0.2, 0.25) is 0 Å². The number of rotatable bonds is 3. The van der Waals surface area contributed by atoms with E-state index in [-0.39, 0.29) is 5.78 Å². The highest BCUT2D eigenvalue weighted by molar-refractivity contribution is 6.04. The Morgan fingerprint density at radius 2 is 2.00 bits per heavy atom. The van der Waals surface area contributed by atoms with Crippen LogP contribution in [0.3, 0.4) is 0 Å². The van der Waals surface area contributed by atoms with Gasteiger partial charge in [0.1, 0.15) is 11.2 Å². The molecule has 1 aromatic rings. The summed E-state index contributed by atoms with van der Waals surface area (Å²) in [6.45, 7) is 3.80. The lowest BCUT2D eigenvalue weighted by Gasteiger charge is -2.34. The number of nitriles is 1. The van der Waals surface area contributed by atoms with Gasteiger partial charge in [-0.1, -0.05) is 0 Å². The van der Waals surface area contributed by atoms with Crippen LogP contribution in [-0.2, 0) is 0 Å². The Morgan fingerprint density at radius 3 is 2.44 bits per heavy atom. The van der Waals surface area contributed by atoms with Crippen molar-refractivity contribution in [3.05, 3.63) is 28.8 Å². The molecular weight excluding hydrogens is 226 g/mol. The highest BCUT2D eigenvalue weighted by Gasteiger charge is 2.45. The summed E-state index contributed by atoms with van der Waals surface area (Å²) in [5.74, 6) is 0.753. The number of hydrogen-bond donors (Lipinski definition) is 0. The molecule has 94 valence electrons. The largest absolute Gasteiger partial charge is 0.496 e. The molecule has 0 spiro atoms. The molecule has 0 heterocycles. The fourth-order valence-corrected chi connectivity index (χ4v) is 2.43. The number of carbonyl (C=O) groups excluding carboxylic acids is 1. The summed E-state index contributed by atoms with van der Waals surface area (Å²) < 4.78 is 5.24. The second-order valence-corrected chi connectivity index (χ2v) is 5.01. The second kappa shape index (κ2) is 4.45. The minimum Gasteiger partial charge on any atom is -0.496 e. The van der Waals surface area contributed by atoms with Gasteiger partial charge in [0.25, 0.3) is 0 Å². The maximum Gasteiger partial charge on any atom is 0.183 e. The zero-order valence-corrected chi connectivity index (χ0v) is 11.0. The third-order valence-corrected chi connectivity index (χ3v) is 3.84. The fourth-order valence-electron chi connectivity index (χ4n) is 2.43. The molecule has 0 aliphatic heterocycles. The van der Waals surface area contributed by atoms with Crippen LogP contribution in [0.5, 0.6) is 5.75 Å². The Bertz CT molecular complexity index is 536. The lowest BCUT2D eigenvalue weighted by atomic mass is 9.65. The molecule has 1 fully saturated rings. The van der Waals surface area contributed by atoms with Gasteiger partial charge in [0.15, 0.2) is 5.78 Å². The number of benzene rings is 1. The fraction of sp³-hybridized carbons (Fsp3) is 0.467. The van der Waals surface area contributed by atoms with Crippen molar-refractivity contribution in [3.63, 3.8) is 0 Å². The van der Waals surface area contributed by atoms with Crippen LogP contribution in [0, 0.1) is 30.6 Å². The van der Waals surface area contributed by atoms with Crippen molar-refractivity contribution in [2.75, 3.05) is 7.11 Å². The molecule has 3 heteroatoms. The molecule has 1 saturated carbocycles. The normalized spacial score (nSPS) is 16.6. The molecule has 0 radical (unpaired) electrons. The molecule has 0 aromatic heterocycles. The van der Waals surface area contributed by atoms with Gasteiger partial charge in [0, 0.05) is 5.56 Å². The minimum atomic E-state index is -0.772. The lowest BCUT2D eigenvalue weighted by Crippen LogP contribution is -2.37. The van der Waals surface area contributed by atoms with Crippen molar-refractivity contribution in [1.82, 2.24) is 0 Å². The van der Waals surface area contributed by atoms with Gasteiger partial charge >= 0.3 is 0 Å². The van der Waals surface area contributed by atoms with E-state index < -0.39 is 5.41 Å². The molecule has 3 nitrogen and oxygen atoms in total. The summed E-state index contributed by atoms with van der Waals surface area (Å²) in [7, 11) is 1.62. The number of nitrogens with zero attached hydrogens (tertiary/aromatic N) is 1. The van der Waals surface area contributed by atoms with Crippen molar-refractivity contribution in [3.8, 4) is 11.8 Å². The van der Waals surface area contributed by atoms with E-state index in [1.807, 2.05) is 26.0 Å². The number of carbonyl (C=O) groups is 1. The van der Waals surface area contributed by atoms with Crippen LogP contribution >= 0.6 is 0 Å². The van der Waals surface area contributed by atoms with Crippen LogP contribution in [0.2, 0.25) is 0 Å². The molecule has 2 rings (SSSR count). The van der Waals surface area contributed by atoms with Crippen LogP contribution in [-0.4, -0.2) is 12.9 Å². The van der Waals surface area contributed by atoms with Gasteiger partial charge in [0.05, 0.1) is 13.2 Å². The van der Waals surface area contributed by atoms with E-state index in [2.05, 4.69) is 6.07 Å². The molecule has 0 amide bonds. The molecule has 0 atom stereocenters. The third-order valence-electron chi connectivity index (χ3n) is 3.84. The Kier molecular flexibility index (Phi) is 3.13. The van der Waals surface area contributed by atoms with Gasteiger partial charge in [-0.3, -0.25) is 4.79 Å². The van der Waals surface area contributed by atoms with Gasteiger partial charge < -0.3 is 4.74 Å². The van der Waals surface area contributed by atoms with E-state index in [1.165, 1.54) is 0 Å². The van der Waals surface area contributed by atoms with Crippen molar-refractivity contribution in [2.45, 2.75) is 33.1 Å². The van der Waals surface area contributed by atoms with Crippen molar-refractivity contribution < 1.29 is 9.53 Å². The van der Waals surface area contributed by atoms with Crippen molar-refractivity contribution in [2.24, 2.45) is 5.41 Å². The van der Waals surface area contributed by atoms with Crippen molar-refractivity contribution in [1.29, 1.82) is 5.26 Å². The predicted octanol–water partition coefficient (Wildman–Crippen LogP) is 3.19. The summed E-state index contributed by atoms with van der Waals surface area (Å²) in [6.07, 6.45) is 2.34. The van der Waals surface area contributed by atoms with E-state index in [1.54, 1.807) is 7.11 Å². The van der Waals surface area contributed by atoms with Gasteiger partial charge in [-0.15, -0.1) is 0 Å². The van der Waals surface area contributed by atoms with Crippen LogP contribution < -0.4 is 4.74 Å². The number of methoxy groups -OCH3 is 1. The Hall–Kier alpha value is -1.82. The molecule has 18 heavy (non-hydrogen) atoms. The first-order valence-electron chi connectivity index (χ1n) is 6.15. The van der Waals surface area contributed by atoms with Crippen LogP contribution in [0.15, 0.2) is 12.1 Å². The van der Waals surface area contributed by atoms with Crippen LogP contribution in [0.1, 0.15) is 40.7 Å². The summed E-state index contributed by atoms with van der Waals surface area (Å²) in [5.41, 5.74) is 1.70. The highest BCUT2D eigenvalue weighted by atomic mass is 16.5. The lowest BCUT2D eigenvalue weighted by molar-refractivity contribution is 0.0747. The Labute approximate surface area is 107 Å². The molecule has 0 saturated heterocycles. The SMILES string of the molecule is COc1cc(C)c(C(=O)C2(C#N)CCC2)cc1C. The van der Waals surface area contributed by atoms with E-state index in [4.69, 9.17) is 4.74 Å². The quantitative estimate of drug-likeness (QED) is 0.766. The molecule has 0 bridgehead atoms. The first kappa shape index (κ1) is 12.6. The number of ketones is 1. The van der Waals surface area contributed by atoms with Crippen LogP contribution in [0.4, 0.5) is 0 Å². The molecule has 0 N–H and O–H groups in total. The minimum absolute atomic E-state index is 0.0282. The highest BCUT2D eigenvalue weighted by Crippen LogP contribution is 2.43. The Morgan fingerprint density at radius 1 is 1.33 bits per heavy atom. The van der Waals surface area contributed by atoms with E-state index >= 15 is 0 Å². The molecular formula is C15H17NO2. The standard InChI is InChI=1S/C15H17NO2/c1-10-8-13(18-3)11(2)7-12(10)14(17)15(9-16)5-4-6-15/h7-8H,4-6H2,1-3H3. The summed E-state index contributed by atoms with van der Waals surface area (Å²) in [4.78, 5) is 12.5. The smallest absolute Gasteiger partial charge is 0.183 e. The first-order valence-corrected chi connectivity index (χ1v) is 6.15. The molecule has 1 aromatic carbocycles. The van der Waals surface area contributed by atoms with Crippen LogP contribution in [0.25, 0.3) is 0 Å². The molecule has 1 aliphatic carbocycles. The first-order chi connectivity index (χ1) is 8.54. The number of hydrogen-bond acceptors (Lipinski definition) is 3. The van der Waals surface area contributed by atoms with E-state index in [0.29, 0.717) is 18.4 Å². The number of ether oxygens (including phenoxy) is 1. The average Bonchev–Trinajstić information content (AvgIpc) is 2.30. The maximum absolute atomic E-state index is 12.5. The third kappa shape index (κ3) is 1.78. The molecule has 1 aliphatic rings.